The van der Waals surface area contributed by atoms with Crippen molar-refractivity contribution < 1.29 is 8.42 Å². The molecular weight excluding hydrogens is 274 g/mol. The van der Waals surface area contributed by atoms with E-state index in [-0.39, 0.29) is 6.54 Å². The van der Waals surface area contributed by atoms with Crippen LogP contribution in [0.2, 0.25) is 0 Å². The van der Waals surface area contributed by atoms with Crippen LogP contribution < -0.4 is 4.72 Å². The molecule has 0 radical (unpaired) electrons. The average Bonchev–Trinajstić information content (AvgIpc) is 2.46. The standard InChI is InChI=1S/C14H17N3O2S/c1-11(2)20(18,19)17-9-12-5-7-16-14(8-12)13-4-3-6-15-10-13/h3-8,10-11,17H,9H2,1-2H3. The van der Waals surface area contributed by atoms with Crippen molar-refractivity contribution >= 4 is 10.0 Å². The average molecular weight is 291 g/mol. The monoisotopic (exact) mass is 291 g/mol. The van der Waals surface area contributed by atoms with E-state index in [1.807, 2.05) is 18.2 Å². The smallest absolute Gasteiger partial charge is 0.214 e. The second kappa shape index (κ2) is 6.11. The number of nitrogens with one attached hydrogen (secondary N) is 1. The predicted molar refractivity (Wildman–Crippen MR) is 78.4 cm³/mol. The van der Waals surface area contributed by atoms with Gasteiger partial charge in [-0.05, 0) is 43.7 Å². The molecule has 6 heteroatoms. The summed E-state index contributed by atoms with van der Waals surface area (Å²) in [6.07, 6.45) is 5.09. The minimum Gasteiger partial charge on any atom is -0.264 e. The molecule has 0 saturated heterocycles. The van der Waals surface area contributed by atoms with Crippen LogP contribution in [0.3, 0.4) is 0 Å². The van der Waals surface area contributed by atoms with E-state index in [1.165, 1.54) is 0 Å². The molecule has 2 aromatic rings. The van der Waals surface area contributed by atoms with Crippen LogP contribution in [0.1, 0.15) is 19.4 Å². The van der Waals surface area contributed by atoms with Crippen LogP contribution in [0, 0.1) is 0 Å². The fraction of sp³-hybridized carbons (Fsp3) is 0.286. The molecule has 1 N–H and O–H groups in total. The van der Waals surface area contributed by atoms with Gasteiger partial charge in [0.2, 0.25) is 10.0 Å². The fourth-order valence-corrected chi connectivity index (χ4v) is 2.31. The third-order valence-corrected chi connectivity index (χ3v) is 4.67. The van der Waals surface area contributed by atoms with Crippen molar-refractivity contribution in [1.82, 2.24) is 14.7 Å². The minimum absolute atomic E-state index is 0.260. The molecule has 0 aliphatic heterocycles. The molecular formula is C14H17N3O2S. The Morgan fingerprint density at radius 3 is 2.70 bits per heavy atom. The SMILES string of the molecule is CC(C)S(=O)(=O)NCc1ccnc(-c2cccnc2)c1. The molecule has 0 fully saturated rings. The van der Waals surface area contributed by atoms with E-state index in [9.17, 15) is 8.42 Å². The Hall–Kier alpha value is -1.79. The molecule has 2 rings (SSSR count). The molecule has 0 aliphatic rings. The van der Waals surface area contributed by atoms with Gasteiger partial charge in [0.15, 0.2) is 0 Å². The molecule has 106 valence electrons. The van der Waals surface area contributed by atoms with E-state index >= 15 is 0 Å². The summed E-state index contributed by atoms with van der Waals surface area (Å²) in [5.41, 5.74) is 2.54. The quantitative estimate of drug-likeness (QED) is 0.914. The van der Waals surface area contributed by atoms with Gasteiger partial charge in [-0.25, -0.2) is 13.1 Å². The van der Waals surface area contributed by atoms with Crippen LogP contribution in [0.25, 0.3) is 11.3 Å². The van der Waals surface area contributed by atoms with E-state index in [4.69, 9.17) is 0 Å². The Morgan fingerprint density at radius 1 is 1.25 bits per heavy atom. The summed E-state index contributed by atoms with van der Waals surface area (Å²) in [6, 6.07) is 7.41. The first-order valence-electron chi connectivity index (χ1n) is 6.33. The lowest BCUT2D eigenvalue weighted by atomic mass is 10.1. The first-order valence-corrected chi connectivity index (χ1v) is 7.87. The molecule has 0 bridgehead atoms. The van der Waals surface area contributed by atoms with E-state index in [0.717, 1.165) is 16.8 Å². The van der Waals surface area contributed by atoms with Gasteiger partial charge in [-0.3, -0.25) is 9.97 Å². The van der Waals surface area contributed by atoms with Crippen LogP contribution in [-0.4, -0.2) is 23.6 Å². The first-order chi connectivity index (χ1) is 9.49. The first kappa shape index (κ1) is 14.6. The zero-order valence-corrected chi connectivity index (χ0v) is 12.3. The summed E-state index contributed by atoms with van der Waals surface area (Å²) in [7, 11) is -3.26. The summed E-state index contributed by atoms with van der Waals surface area (Å²) >= 11 is 0. The topological polar surface area (TPSA) is 72.0 Å². The van der Waals surface area contributed by atoms with Gasteiger partial charge in [0.1, 0.15) is 0 Å². The van der Waals surface area contributed by atoms with E-state index in [2.05, 4.69) is 14.7 Å². The van der Waals surface area contributed by atoms with Gasteiger partial charge in [-0.2, -0.15) is 0 Å². The highest BCUT2D eigenvalue weighted by Gasteiger charge is 2.14. The summed E-state index contributed by atoms with van der Waals surface area (Å²) in [5, 5.41) is -0.442. The Balaban J connectivity index is 2.15. The van der Waals surface area contributed by atoms with Crippen molar-refractivity contribution in [2.75, 3.05) is 0 Å². The fourth-order valence-electron chi connectivity index (χ4n) is 1.61. The highest BCUT2D eigenvalue weighted by atomic mass is 32.2. The van der Waals surface area contributed by atoms with Crippen LogP contribution in [0.15, 0.2) is 42.9 Å². The molecule has 0 aliphatic carbocycles. The number of sulfonamides is 1. The lowest BCUT2D eigenvalue weighted by Crippen LogP contribution is -2.30. The molecule has 5 nitrogen and oxygen atoms in total. The lowest BCUT2D eigenvalue weighted by Gasteiger charge is -2.10. The highest BCUT2D eigenvalue weighted by molar-refractivity contribution is 7.90. The molecule has 2 heterocycles. The Labute approximate surface area is 119 Å². The van der Waals surface area contributed by atoms with Gasteiger partial charge in [-0.1, -0.05) is 0 Å². The van der Waals surface area contributed by atoms with Crippen molar-refractivity contribution in [1.29, 1.82) is 0 Å². The number of aromatic nitrogens is 2. The second-order valence-electron chi connectivity index (χ2n) is 4.71. The van der Waals surface area contributed by atoms with E-state index in [0.29, 0.717) is 0 Å². The van der Waals surface area contributed by atoms with Crippen LogP contribution in [0.5, 0.6) is 0 Å². The van der Waals surface area contributed by atoms with Crippen molar-refractivity contribution in [3.63, 3.8) is 0 Å². The Bertz CT molecular complexity index is 670. The molecule has 0 saturated carbocycles. The Morgan fingerprint density at radius 2 is 2.05 bits per heavy atom. The number of hydrogen-bond donors (Lipinski definition) is 1. The van der Waals surface area contributed by atoms with Gasteiger partial charge < -0.3 is 0 Å². The van der Waals surface area contributed by atoms with Crippen LogP contribution in [0.4, 0.5) is 0 Å². The number of hydrogen-bond acceptors (Lipinski definition) is 4. The molecule has 0 aromatic carbocycles. The maximum absolute atomic E-state index is 11.7. The van der Waals surface area contributed by atoms with Crippen molar-refractivity contribution in [3.05, 3.63) is 48.4 Å². The van der Waals surface area contributed by atoms with Gasteiger partial charge in [0.25, 0.3) is 0 Å². The zero-order chi connectivity index (χ0) is 14.6. The minimum atomic E-state index is -3.26. The van der Waals surface area contributed by atoms with Crippen molar-refractivity contribution in [2.45, 2.75) is 25.6 Å². The number of nitrogens with zero attached hydrogens (tertiary/aromatic N) is 2. The largest absolute Gasteiger partial charge is 0.264 e. The van der Waals surface area contributed by atoms with Crippen LogP contribution >= 0.6 is 0 Å². The summed E-state index contributed by atoms with van der Waals surface area (Å²) in [4.78, 5) is 8.32. The third-order valence-electron chi connectivity index (χ3n) is 2.88. The van der Waals surface area contributed by atoms with Crippen molar-refractivity contribution in [2.24, 2.45) is 0 Å². The summed E-state index contributed by atoms with van der Waals surface area (Å²) in [5.74, 6) is 0. The Kier molecular flexibility index (Phi) is 4.46. The van der Waals surface area contributed by atoms with E-state index in [1.54, 1.807) is 38.5 Å². The maximum Gasteiger partial charge on any atom is 0.214 e. The third kappa shape index (κ3) is 3.61. The molecule has 0 unspecified atom stereocenters. The van der Waals surface area contributed by atoms with Crippen molar-refractivity contribution in [3.8, 4) is 11.3 Å². The number of rotatable bonds is 5. The molecule has 0 spiro atoms. The molecule has 2 aromatic heterocycles. The molecule has 0 atom stereocenters. The van der Waals surface area contributed by atoms with Gasteiger partial charge in [-0.15, -0.1) is 0 Å². The molecule has 0 amide bonds. The zero-order valence-electron chi connectivity index (χ0n) is 11.4. The second-order valence-corrected chi connectivity index (χ2v) is 7.03. The van der Waals surface area contributed by atoms with Gasteiger partial charge >= 0.3 is 0 Å². The number of pyridine rings is 2. The highest BCUT2D eigenvalue weighted by Crippen LogP contribution is 2.16. The lowest BCUT2D eigenvalue weighted by molar-refractivity contribution is 0.572. The summed E-state index contributed by atoms with van der Waals surface area (Å²) < 4.78 is 26.0. The predicted octanol–water partition coefficient (Wildman–Crippen LogP) is 1.97. The van der Waals surface area contributed by atoms with E-state index < -0.39 is 15.3 Å². The maximum atomic E-state index is 11.7. The van der Waals surface area contributed by atoms with Gasteiger partial charge in [0, 0.05) is 30.7 Å². The summed E-state index contributed by atoms with van der Waals surface area (Å²) in [6.45, 7) is 3.56. The normalized spacial score (nSPS) is 11.8. The molecule has 20 heavy (non-hydrogen) atoms. The van der Waals surface area contributed by atoms with Gasteiger partial charge in [0.05, 0.1) is 10.9 Å². The van der Waals surface area contributed by atoms with Crippen LogP contribution in [-0.2, 0) is 16.6 Å².